The van der Waals surface area contributed by atoms with Crippen LogP contribution in [-0.4, -0.2) is 41.3 Å². The highest BCUT2D eigenvalue weighted by atomic mass is 19.4. The van der Waals surface area contributed by atoms with Crippen molar-refractivity contribution in [3.8, 4) is 17.2 Å². The van der Waals surface area contributed by atoms with Crippen LogP contribution in [0.3, 0.4) is 0 Å². The summed E-state index contributed by atoms with van der Waals surface area (Å²) >= 11 is 0. The summed E-state index contributed by atoms with van der Waals surface area (Å²) in [6.07, 6.45) is 2.08. The van der Waals surface area contributed by atoms with Crippen molar-refractivity contribution in [2.75, 3.05) is 13.7 Å². The molecule has 2 aromatic heterocycles. The quantitative estimate of drug-likeness (QED) is 0.311. The lowest BCUT2D eigenvalue weighted by Crippen LogP contribution is -2.44. The maximum atomic E-state index is 13.3. The number of nitrogens with two attached hydrogens (primary N) is 1. The average Bonchev–Trinajstić information content (AvgIpc) is 3.50. The molecular weight excluding hydrogens is 513 g/mol. The standard InChI is InChI=1S/C27H29F3N6O3/c1-5-6-13-32-16(3)33-14-26(11-12-26)36-24(37)22-23(15(2)31)39-25(35-22)18-7-9-19(38-4)21-17(18)8-10-20(34-21)27(28,29)30/h5-10,13,15,33H,3,11-12,14,31H2,1-2,4H3,(H,36,37)/b6-5-,32-13-/t15-/m0/s1. The summed E-state index contributed by atoms with van der Waals surface area (Å²) in [4.78, 5) is 25.7. The fourth-order valence-corrected chi connectivity index (χ4v) is 3.95. The molecule has 0 unspecified atom stereocenters. The second-order valence-electron chi connectivity index (χ2n) is 9.27. The van der Waals surface area contributed by atoms with Gasteiger partial charge in [-0.2, -0.15) is 13.2 Å². The van der Waals surface area contributed by atoms with Crippen molar-refractivity contribution in [3.63, 3.8) is 0 Å². The third-order valence-corrected chi connectivity index (χ3v) is 6.21. The van der Waals surface area contributed by atoms with E-state index < -0.39 is 29.4 Å². The highest BCUT2D eigenvalue weighted by Gasteiger charge is 2.45. The molecule has 1 aliphatic rings. The number of benzene rings is 1. The highest BCUT2D eigenvalue weighted by Crippen LogP contribution is 2.38. The Balaban J connectivity index is 1.63. The molecule has 1 aliphatic carbocycles. The van der Waals surface area contributed by atoms with E-state index in [0.717, 1.165) is 18.9 Å². The van der Waals surface area contributed by atoms with Crippen LogP contribution < -0.4 is 21.1 Å². The van der Waals surface area contributed by atoms with Crippen molar-refractivity contribution in [1.82, 2.24) is 20.6 Å². The number of pyridine rings is 1. The summed E-state index contributed by atoms with van der Waals surface area (Å²) in [7, 11) is 1.34. The third kappa shape index (κ3) is 6.11. The Morgan fingerprint density at radius 2 is 2.05 bits per heavy atom. The number of rotatable bonds is 10. The number of nitrogens with one attached hydrogen (secondary N) is 2. The number of alkyl halides is 3. The third-order valence-electron chi connectivity index (χ3n) is 6.21. The fraction of sp³-hybridized carbons (Fsp3) is 0.333. The molecule has 4 rings (SSSR count). The molecule has 12 heteroatoms. The van der Waals surface area contributed by atoms with E-state index in [0.29, 0.717) is 23.3 Å². The van der Waals surface area contributed by atoms with Gasteiger partial charge < -0.3 is 25.5 Å². The van der Waals surface area contributed by atoms with Gasteiger partial charge in [-0.25, -0.2) is 15.0 Å². The number of carbonyl (C=O) groups excluding carboxylic acids is 1. The number of nitrogens with zero attached hydrogens (tertiary/aromatic N) is 3. The normalized spacial score (nSPS) is 15.6. The number of amides is 1. The van der Waals surface area contributed by atoms with E-state index in [1.165, 1.54) is 19.2 Å². The van der Waals surface area contributed by atoms with E-state index >= 15 is 0 Å². The lowest BCUT2D eigenvalue weighted by Gasteiger charge is -2.18. The smallest absolute Gasteiger partial charge is 0.433 e. The van der Waals surface area contributed by atoms with Crippen molar-refractivity contribution in [2.45, 2.75) is 44.4 Å². The lowest BCUT2D eigenvalue weighted by molar-refractivity contribution is -0.140. The Morgan fingerprint density at radius 1 is 1.31 bits per heavy atom. The molecule has 0 radical (unpaired) electrons. The predicted molar refractivity (Wildman–Crippen MR) is 141 cm³/mol. The Kier molecular flexibility index (Phi) is 7.77. The first-order chi connectivity index (χ1) is 18.5. The number of halogens is 3. The summed E-state index contributed by atoms with van der Waals surface area (Å²) in [6, 6.07) is 4.52. The Labute approximate surface area is 223 Å². The van der Waals surface area contributed by atoms with Gasteiger partial charge in [0.25, 0.3) is 5.91 Å². The SMILES string of the molecule is C=C(/N=C\C=C/C)NCC1(NC(=O)c2nc(-c3ccc(OC)c4nc(C(F)(F)F)ccc34)oc2[C@H](C)N)CC1. The molecule has 1 atom stereocenters. The zero-order valence-corrected chi connectivity index (χ0v) is 21.7. The maximum Gasteiger partial charge on any atom is 0.433 e. The van der Waals surface area contributed by atoms with Crippen molar-refractivity contribution in [2.24, 2.45) is 10.7 Å². The molecule has 1 saturated carbocycles. The maximum absolute atomic E-state index is 13.3. The Bertz CT molecular complexity index is 1450. The molecule has 2 heterocycles. The van der Waals surface area contributed by atoms with Gasteiger partial charge in [0.2, 0.25) is 5.89 Å². The number of allylic oxidation sites excluding steroid dienone is 2. The zero-order valence-electron chi connectivity index (χ0n) is 21.7. The monoisotopic (exact) mass is 542 g/mol. The van der Waals surface area contributed by atoms with Gasteiger partial charge in [-0.15, -0.1) is 0 Å². The predicted octanol–water partition coefficient (Wildman–Crippen LogP) is 4.91. The van der Waals surface area contributed by atoms with Crippen LogP contribution in [0, 0.1) is 0 Å². The van der Waals surface area contributed by atoms with Gasteiger partial charge in [0.1, 0.15) is 22.8 Å². The summed E-state index contributed by atoms with van der Waals surface area (Å²) in [5, 5.41) is 6.42. The minimum atomic E-state index is -4.63. The van der Waals surface area contributed by atoms with Gasteiger partial charge in [-0.3, -0.25) is 4.79 Å². The number of ether oxygens (including phenoxy) is 1. The minimum Gasteiger partial charge on any atom is -0.494 e. The first-order valence-electron chi connectivity index (χ1n) is 12.2. The van der Waals surface area contributed by atoms with Crippen LogP contribution in [0.25, 0.3) is 22.4 Å². The van der Waals surface area contributed by atoms with Gasteiger partial charge >= 0.3 is 6.18 Å². The largest absolute Gasteiger partial charge is 0.494 e. The molecule has 0 spiro atoms. The fourth-order valence-electron chi connectivity index (χ4n) is 3.95. The van der Waals surface area contributed by atoms with Crippen LogP contribution in [0.15, 0.2) is 58.2 Å². The summed E-state index contributed by atoms with van der Waals surface area (Å²) in [6.45, 7) is 7.78. The van der Waals surface area contributed by atoms with Gasteiger partial charge in [-0.05, 0) is 57.0 Å². The first-order valence-corrected chi connectivity index (χ1v) is 12.2. The van der Waals surface area contributed by atoms with E-state index in [-0.39, 0.29) is 28.6 Å². The van der Waals surface area contributed by atoms with Crippen LogP contribution in [0.5, 0.6) is 5.75 Å². The number of oxazole rings is 1. The van der Waals surface area contributed by atoms with Gasteiger partial charge in [0.05, 0.1) is 18.7 Å². The summed E-state index contributed by atoms with van der Waals surface area (Å²) in [5.41, 5.74) is 4.84. The topological polar surface area (TPSA) is 128 Å². The van der Waals surface area contributed by atoms with Gasteiger partial charge in [-0.1, -0.05) is 12.7 Å². The van der Waals surface area contributed by atoms with Crippen LogP contribution in [0.1, 0.15) is 54.7 Å². The number of hydrogen-bond donors (Lipinski definition) is 3. The highest BCUT2D eigenvalue weighted by molar-refractivity contribution is 5.98. The molecule has 1 fully saturated rings. The van der Waals surface area contributed by atoms with Crippen molar-refractivity contribution >= 4 is 23.0 Å². The zero-order chi connectivity index (χ0) is 28.4. The van der Waals surface area contributed by atoms with E-state index in [1.807, 2.05) is 13.0 Å². The van der Waals surface area contributed by atoms with E-state index in [9.17, 15) is 18.0 Å². The first kappa shape index (κ1) is 27.8. The minimum absolute atomic E-state index is 0.0000410. The van der Waals surface area contributed by atoms with Crippen LogP contribution >= 0.6 is 0 Å². The second kappa shape index (κ2) is 10.9. The van der Waals surface area contributed by atoms with Crippen molar-refractivity contribution < 1.29 is 27.1 Å². The van der Waals surface area contributed by atoms with Crippen LogP contribution in [0.2, 0.25) is 0 Å². The van der Waals surface area contributed by atoms with Crippen LogP contribution in [-0.2, 0) is 6.18 Å². The number of fused-ring (bicyclic) bond motifs is 1. The van der Waals surface area contributed by atoms with Crippen molar-refractivity contribution in [3.05, 3.63) is 66.0 Å². The van der Waals surface area contributed by atoms with E-state index in [1.54, 1.807) is 25.3 Å². The molecule has 0 aliphatic heterocycles. The molecule has 1 amide bonds. The summed E-state index contributed by atoms with van der Waals surface area (Å²) < 4.78 is 51.1. The molecule has 3 aromatic rings. The molecule has 9 nitrogen and oxygen atoms in total. The molecule has 1 aromatic carbocycles. The Morgan fingerprint density at radius 3 is 2.67 bits per heavy atom. The molecule has 39 heavy (non-hydrogen) atoms. The van der Waals surface area contributed by atoms with E-state index in [2.05, 4.69) is 32.2 Å². The average molecular weight is 543 g/mol. The van der Waals surface area contributed by atoms with E-state index in [4.69, 9.17) is 14.9 Å². The number of aromatic nitrogens is 2. The summed E-state index contributed by atoms with van der Waals surface area (Å²) in [5.74, 6) is 0.306. The van der Waals surface area contributed by atoms with Crippen molar-refractivity contribution in [1.29, 1.82) is 0 Å². The van der Waals surface area contributed by atoms with Gasteiger partial charge in [0, 0.05) is 23.7 Å². The molecule has 0 bridgehead atoms. The molecule has 0 saturated heterocycles. The number of carbonyl (C=O) groups is 1. The lowest BCUT2D eigenvalue weighted by atomic mass is 10.1. The Hall–Kier alpha value is -4.19. The molecule has 4 N–H and O–H groups in total. The molecular formula is C27H29F3N6O3. The number of hydrogen-bond acceptors (Lipinski definition) is 8. The molecule has 206 valence electrons. The number of aliphatic imine (C=N–C) groups is 1. The van der Waals surface area contributed by atoms with Gasteiger partial charge in [0.15, 0.2) is 11.5 Å². The second-order valence-corrected chi connectivity index (χ2v) is 9.27. The number of methoxy groups -OCH3 is 1. The van der Waals surface area contributed by atoms with Crippen LogP contribution in [0.4, 0.5) is 13.2 Å².